The minimum absolute atomic E-state index is 0.140. The molecule has 0 saturated carbocycles. The number of Topliss-reactive ketones (excluding diaryl/α,β-unsaturated/α-hetero) is 1. The Bertz CT molecular complexity index is 675. The van der Waals surface area contributed by atoms with Crippen molar-refractivity contribution in [3.63, 3.8) is 0 Å². The number of carbonyl (C=O) groups is 1. The lowest BCUT2D eigenvalue weighted by Gasteiger charge is -2.45. The molecular formula is C17H18N2O2. The first-order valence-electron chi connectivity index (χ1n) is 7.61. The number of rotatable bonds is 0. The zero-order valence-corrected chi connectivity index (χ0v) is 11.9. The lowest BCUT2D eigenvalue weighted by molar-refractivity contribution is -0.115. The van der Waals surface area contributed by atoms with Crippen molar-refractivity contribution in [3.05, 3.63) is 46.7 Å². The van der Waals surface area contributed by atoms with E-state index in [-0.39, 0.29) is 11.8 Å². The smallest absolute Gasteiger partial charge is 0.166 e. The highest BCUT2D eigenvalue weighted by molar-refractivity contribution is 6.23. The summed E-state index contributed by atoms with van der Waals surface area (Å²) in [5.41, 5.74) is 5.06. The number of oxime groups is 1. The Balaban J connectivity index is 1.86. The molecule has 108 valence electrons. The Morgan fingerprint density at radius 1 is 1.19 bits per heavy atom. The van der Waals surface area contributed by atoms with Gasteiger partial charge in [0, 0.05) is 25.1 Å². The number of ketones is 1. The van der Waals surface area contributed by atoms with Crippen molar-refractivity contribution in [1.82, 2.24) is 4.90 Å². The molecule has 3 aliphatic rings. The number of nitrogens with zero attached hydrogens (tertiary/aromatic N) is 2. The van der Waals surface area contributed by atoms with E-state index in [9.17, 15) is 10.0 Å². The molecule has 1 aliphatic carbocycles. The normalized spacial score (nSPS) is 26.5. The monoisotopic (exact) mass is 282 g/mol. The molecule has 0 fully saturated rings. The highest BCUT2D eigenvalue weighted by atomic mass is 16.4. The van der Waals surface area contributed by atoms with Crippen LogP contribution in [0.3, 0.4) is 0 Å². The Labute approximate surface area is 123 Å². The van der Waals surface area contributed by atoms with Crippen LogP contribution in [0.5, 0.6) is 0 Å². The maximum Gasteiger partial charge on any atom is 0.166 e. The fourth-order valence-electron chi connectivity index (χ4n) is 4.01. The summed E-state index contributed by atoms with van der Waals surface area (Å²) in [6.45, 7) is 0.951. The van der Waals surface area contributed by atoms with E-state index in [1.807, 2.05) is 0 Å². The summed E-state index contributed by atoms with van der Waals surface area (Å²) < 4.78 is 0. The van der Waals surface area contributed by atoms with Crippen LogP contribution in [0, 0.1) is 0 Å². The van der Waals surface area contributed by atoms with Gasteiger partial charge in [-0.25, -0.2) is 0 Å². The predicted octanol–water partition coefficient (Wildman–Crippen LogP) is 2.83. The van der Waals surface area contributed by atoms with Crippen molar-refractivity contribution in [3.8, 4) is 0 Å². The summed E-state index contributed by atoms with van der Waals surface area (Å²) in [6.07, 6.45) is 4.04. The van der Waals surface area contributed by atoms with Gasteiger partial charge in [0.15, 0.2) is 5.78 Å². The van der Waals surface area contributed by atoms with Crippen LogP contribution in [-0.4, -0.2) is 28.1 Å². The molecule has 4 nitrogen and oxygen atoms in total. The summed E-state index contributed by atoms with van der Waals surface area (Å²) in [4.78, 5) is 14.6. The van der Waals surface area contributed by atoms with Crippen LogP contribution in [0.15, 0.2) is 40.7 Å². The molecule has 21 heavy (non-hydrogen) atoms. The molecule has 0 radical (unpaired) electrons. The van der Waals surface area contributed by atoms with Gasteiger partial charge in [0.2, 0.25) is 0 Å². The van der Waals surface area contributed by atoms with Gasteiger partial charge in [-0.1, -0.05) is 29.4 Å². The van der Waals surface area contributed by atoms with Crippen molar-refractivity contribution >= 4 is 11.5 Å². The Hall–Kier alpha value is -2.10. The minimum atomic E-state index is 0.140. The summed E-state index contributed by atoms with van der Waals surface area (Å²) in [5.74, 6) is 0.140. The van der Waals surface area contributed by atoms with E-state index >= 15 is 0 Å². The second-order valence-corrected chi connectivity index (χ2v) is 6.01. The molecule has 2 heterocycles. The van der Waals surface area contributed by atoms with E-state index in [0.29, 0.717) is 24.1 Å². The van der Waals surface area contributed by atoms with Crippen LogP contribution in [0.25, 0.3) is 0 Å². The van der Waals surface area contributed by atoms with Gasteiger partial charge in [-0.15, -0.1) is 0 Å². The van der Waals surface area contributed by atoms with Crippen LogP contribution in [-0.2, 0) is 11.2 Å². The first kappa shape index (κ1) is 12.6. The first-order chi connectivity index (χ1) is 10.3. The number of allylic oxidation sites excluding steroid dienone is 2. The predicted molar refractivity (Wildman–Crippen MR) is 79.3 cm³/mol. The van der Waals surface area contributed by atoms with Crippen molar-refractivity contribution in [2.24, 2.45) is 5.16 Å². The zero-order chi connectivity index (χ0) is 14.4. The van der Waals surface area contributed by atoms with Gasteiger partial charge < -0.3 is 10.1 Å². The topological polar surface area (TPSA) is 52.9 Å². The third-order valence-corrected chi connectivity index (χ3v) is 4.94. The van der Waals surface area contributed by atoms with Gasteiger partial charge in [0.05, 0.1) is 17.3 Å². The lowest BCUT2D eigenvalue weighted by atomic mass is 9.79. The fraction of sp³-hybridized carbons (Fsp3) is 0.412. The van der Waals surface area contributed by atoms with Gasteiger partial charge >= 0.3 is 0 Å². The first-order valence-corrected chi connectivity index (χ1v) is 7.61. The Kier molecular flexibility index (Phi) is 2.84. The van der Waals surface area contributed by atoms with Gasteiger partial charge in [-0.05, 0) is 30.4 Å². The van der Waals surface area contributed by atoms with Crippen molar-refractivity contribution in [2.75, 3.05) is 6.54 Å². The summed E-state index contributed by atoms with van der Waals surface area (Å²) >= 11 is 0. The Morgan fingerprint density at radius 3 is 2.90 bits per heavy atom. The van der Waals surface area contributed by atoms with Crippen LogP contribution >= 0.6 is 0 Å². The maximum atomic E-state index is 12.2. The van der Waals surface area contributed by atoms with Crippen LogP contribution in [0.4, 0.5) is 0 Å². The molecule has 0 unspecified atom stereocenters. The number of benzene rings is 1. The number of fused-ring (bicyclic) bond motifs is 4. The van der Waals surface area contributed by atoms with Crippen molar-refractivity contribution < 1.29 is 10.0 Å². The third-order valence-electron chi connectivity index (χ3n) is 4.94. The van der Waals surface area contributed by atoms with Gasteiger partial charge in [0.25, 0.3) is 0 Å². The zero-order valence-electron chi connectivity index (χ0n) is 11.9. The van der Waals surface area contributed by atoms with E-state index in [4.69, 9.17) is 0 Å². The van der Waals surface area contributed by atoms with E-state index in [2.05, 4.69) is 34.3 Å². The molecular weight excluding hydrogens is 264 g/mol. The summed E-state index contributed by atoms with van der Waals surface area (Å²) in [6, 6.07) is 8.70. The van der Waals surface area contributed by atoms with E-state index in [1.54, 1.807) is 0 Å². The van der Waals surface area contributed by atoms with E-state index in [0.717, 1.165) is 31.5 Å². The maximum absolute atomic E-state index is 12.2. The standard InChI is InChI=1S/C17H18N2O2/c20-16-7-3-6-14-17(16)13(18-21)10-15-12-5-2-1-4-11(12)8-9-19(14)15/h1-2,4-5,15,21H,3,6-10H2/t15-/m0/s1. The average Bonchev–Trinajstić information content (AvgIpc) is 2.54. The van der Waals surface area contributed by atoms with Gasteiger partial charge in [0.1, 0.15) is 0 Å². The Morgan fingerprint density at radius 2 is 2.05 bits per heavy atom. The SMILES string of the molecule is O=C1CCCC2=C1C(=NO)C[C@H]1c3ccccc3CCN21. The second-order valence-electron chi connectivity index (χ2n) is 6.01. The highest BCUT2D eigenvalue weighted by Gasteiger charge is 2.39. The van der Waals surface area contributed by atoms with Crippen molar-refractivity contribution in [1.29, 1.82) is 0 Å². The molecule has 1 N–H and O–H groups in total. The quantitative estimate of drug-likeness (QED) is 0.588. The second kappa shape index (κ2) is 4.72. The molecule has 1 atom stereocenters. The molecule has 4 rings (SSSR count). The summed E-state index contributed by atoms with van der Waals surface area (Å²) in [5, 5.41) is 12.8. The number of hydrogen-bond donors (Lipinski definition) is 1. The molecule has 1 aromatic carbocycles. The van der Waals surface area contributed by atoms with Gasteiger partial charge in [-0.3, -0.25) is 4.79 Å². The molecule has 0 spiro atoms. The highest BCUT2D eigenvalue weighted by Crippen LogP contribution is 2.43. The molecule has 0 saturated heterocycles. The fourth-order valence-corrected chi connectivity index (χ4v) is 4.01. The number of carbonyl (C=O) groups excluding carboxylic acids is 1. The summed E-state index contributed by atoms with van der Waals surface area (Å²) in [7, 11) is 0. The molecule has 2 aliphatic heterocycles. The largest absolute Gasteiger partial charge is 0.411 e. The average molecular weight is 282 g/mol. The number of hydrogen-bond acceptors (Lipinski definition) is 4. The van der Waals surface area contributed by atoms with Crippen LogP contribution in [0.2, 0.25) is 0 Å². The van der Waals surface area contributed by atoms with Gasteiger partial charge in [-0.2, -0.15) is 0 Å². The van der Waals surface area contributed by atoms with Crippen LogP contribution < -0.4 is 0 Å². The minimum Gasteiger partial charge on any atom is -0.411 e. The molecule has 0 aromatic heterocycles. The molecule has 0 amide bonds. The van der Waals surface area contributed by atoms with Crippen molar-refractivity contribution in [2.45, 2.75) is 38.1 Å². The van der Waals surface area contributed by atoms with E-state index in [1.165, 1.54) is 11.1 Å². The van der Waals surface area contributed by atoms with E-state index < -0.39 is 0 Å². The molecule has 0 bridgehead atoms. The lowest BCUT2D eigenvalue weighted by Crippen LogP contribution is -2.43. The third kappa shape index (κ3) is 1.82. The van der Waals surface area contributed by atoms with Crippen LogP contribution in [0.1, 0.15) is 42.9 Å². The molecule has 4 heteroatoms. The molecule has 1 aromatic rings.